The number of anilines is 1. The minimum atomic E-state index is -2.94. The minimum absolute atomic E-state index is 0.00646. The van der Waals surface area contributed by atoms with Crippen LogP contribution in [0.25, 0.3) is 0 Å². The van der Waals surface area contributed by atoms with Crippen LogP contribution in [0.3, 0.4) is 0 Å². The van der Waals surface area contributed by atoms with Crippen molar-refractivity contribution in [2.75, 3.05) is 16.8 Å². The number of amides is 1. The molecule has 25 heavy (non-hydrogen) atoms. The molecule has 2 heterocycles. The normalized spacial score (nSPS) is 19.2. The zero-order valence-corrected chi connectivity index (χ0v) is 16.4. The number of hydrogen-bond donors (Lipinski definition) is 1. The van der Waals surface area contributed by atoms with Crippen LogP contribution in [0.2, 0.25) is 0 Å². The molecule has 2 aromatic rings. The van der Waals surface area contributed by atoms with Crippen molar-refractivity contribution in [3.8, 4) is 0 Å². The van der Waals surface area contributed by atoms with Crippen molar-refractivity contribution in [3.63, 3.8) is 0 Å². The fourth-order valence-electron chi connectivity index (χ4n) is 2.47. The maximum atomic E-state index is 12.6. The third kappa shape index (κ3) is 4.59. The van der Waals surface area contributed by atoms with Crippen LogP contribution in [0.1, 0.15) is 41.6 Å². The van der Waals surface area contributed by atoms with E-state index in [2.05, 4.69) is 15.5 Å². The van der Waals surface area contributed by atoms with Crippen LogP contribution in [0, 0.1) is 0 Å². The molecule has 1 aromatic heterocycles. The van der Waals surface area contributed by atoms with Gasteiger partial charge in [-0.1, -0.05) is 37.3 Å². The van der Waals surface area contributed by atoms with Gasteiger partial charge in [0.05, 0.1) is 17.1 Å². The molecule has 0 radical (unpaired) electrons. The van der Waals surface area contributed by atoms with E-state index in [1.165, 1.54) is 23.1 Å². The maximum Gasteiger partial charge on any atom is 0.258 e. The minimum Gasteiger partial charge on any atom is -0.296 e. The van der Waals surface area contributed by atoms with Gasteiger partial charge in [-0.15, -0.1) is 22.0 Å². The molecule has 9 heteroatoms. The third-order valence-corrected chi connectivity index (χ3v) is 8.23. The van der Waals surface area contributed by atoms with Crippen LogP contribution in [-0.4, -0.2) is 41.3 Å². The van der Waals surface area contributed by atoms with E-state index in [9.17, 15) is 13.2 Å². The number of thioether (sulfide) groups is 1. The highest BCUT2D eigenvalue weighted by Crippen LogP contribution is 2.33. The second-order valence-corrected chi connectivity index (χ2v) is 10.8. The van der Waals surface area contributed by atoms with Gasteiger partial charge >= 0.3 is 0 Å². The predicted molar refractivity (Wildman–Crippen MR) is 101 cm³/mol. The summed E-state index contributed by atoms with van der Waals surface area (Å²) in [6.45, 7) is 4.04. The van der Waals surface area contributed by atoms with Gasteiger partial charge in [0, 0.05) is 16.1 Å². The third-order valence-electron chi connectivity index (χ3n) is 3.77. The Hall–Kier alpha value is -1.45. The summed E-state index contributed by atoms with van der Waals surface area (Å²) in [5.41, 5.74) is 0.526. The monoisotopic (exact) mass is 397 g/mol. The second kappa shape index (κ2) is 7.43. The number of benzene rings is 1. The lowest BCUT2D eigenvalue weighted by atomic mass is 10.2. The van der Waals surface area contributed by atoms with Gasteiger partial charge in [0.1, 0.15) is 5.01 Å². The SMILES string of the molecule is CC(C)c1nnc(NC(=O)c2ccccc2SC2CCS(=O)(=O)C2)s1. The molecular weight excluding hydrogens is 378 g/mol. The zero-order chi connectivity index (χ0) is 18.0. The molecule has 1 amide bonds. The molecule has 1 atom stereocenters. The fraction of sp³-hybridized carbons (Fsp3) is 0.438. The number of rotatable bonds is 5. The Morgan fingerprint density at radius 2 is 2.08 bits per heavy atom. The summed E-state index contributed by atoms with van der Waals surface area (Å²) in [6, 6.07) is 7.24. The largest absolute Gasteiger partial charge is 0.296 e. The maximum absolute atomic E-state index is 12.6. The van der Waals surface area contributed by atoms with Gasteiger partial charge in [0.25, 0.3) is 5.91 Å². The first-order valence-corrected chi connectivity index (χ1v) is 11.5. The molecule has 0 spiro atoms. The number of nitrogens with one attached hydrogen (secondary N) is 1. The van der Waals surface area contributed by atoms with Crippen LogP contribution in [-0.2, 0) is 9.84 Å². The summed E-state index contributed by atoms with van der Waals surface area (Å²) in [6.07, 6.45) is 0.622. The number of hydrogen-bond acceptors (Lipinski definition) is 7. The van der Waals surface area contributed by atoms with Crippen molar-refractivity contribution in [2.24, 2.45) is 0 Å². The zero-order valence-electron chi connectivity index (χ0n) is 13.9. The molecule has 0 bridgehead atoms. The molecule has 0 aliphatic carbocycles. The molecule has 1 fully saturated rings. The van der Waals surface area contributed by atoms with Crippen molar-refractivity contribution < 1.29 is 13.2 Å². The summed E-state index contributed by atoms with van der Waals surface area (Å²) in [5.74, 6) is 0.398. The molecule has 1 N–H and O–H groups in total. The van der Waals surface area contributed by atoms with Gasteiger partial charge in [0.15, 0.2) is 9.84 Å². The summed E-state index contributed by atoms with van der Waals surface area (Å²) in [7, 11) is -2.94. The Labute approximate surface area is 155 Å². The molecule has 6 nitrogen and oxygen atoms in total. The van der Waals surface area contributed by atoms with Gasteiger partial charge in [0.2, 0.25) is 5.13 Å². The van der Waals surface area contributed by atoms with E-state index >= 15 is 0 Å². The molecular formula is C16H19N3O3S3. The average molecular weight is 398 g/mol. The number of carbonyl (C=O) groups excluding carboxylic acids is 1. The van der Waals surface area contributed by atoms with Crippen molar-refractivity contribution in [1.82, 2.24) is 10.2 Å². The second-order valence-electron chi connectivity index (χ2n) is 6.19. The first-order chi connectivity index (χ1) is 11.8. The molecule has 1 aliphatic rings. The lowest BCUT2D eigenvalue weighted by Crippen LogP contribution is -2.14. The predicted octanol–water partition coefficient (Wildman–Crippen LogP) is 3.19. The van der Waals surface area contributed by atoms with Crippen LogP contribution in [0.5, 0.6) is 0 Å². The van der Waals surface area contributed by atoms with Gasteiger partial charge < -0.3 is 0 Å². The molecule has 134 valence electrons. The van der Waals surface area contributed by atoms with E-state index in [4.69, 9.17) is 0 Å². The van der Waals surface area contributed by atoms with Crippen molar-refractivity contribution in [1.29, 1.82) is 0 Å². The van der Waals surface area contributed by atoms with Gasteiger partial charge in [-0.2, -0.15) is 0 Å². The summed E-state index contributed by atoms with van der Waals surface area (Å²) in [4.78, 5) is 13.4. The average Bonchev–Trinajstić information content (AvgIpc) is 3.14. The standard InChI is InChI=1S/C16H19N3O3S3/c1-10(2)15-18-19-16(24-15)17-14(20)12-5-3-4-6-13(12)23-11-7-8-25(21,22)9-11/h3-6,10-11H,7-9H2,1-2H3,(H,17,19,20). The van der Waals surface area contributed by atoms with Crippen LogP contribution < -0.4 is 5.32 Å². The highest BCUT2D eigenvalue weighted by molar-refractivity contribution is 8.02. The van der Waals surface area contributed by atoms with E-state index in [0.29, 0.717) is 17.1 Å². The van der Waals surface area contributed by atoms with Crippen LogP contribution >= 0.6 is 23.1 Å². The number of nitrogens with zero attached hydrogens (tertiary/aromatic N) is 2. The van der Waals surface area contributed by atoms with E-state index in [0.717, 1.165) is 9.90 Å². The Kier molecular flexibility index (Phi) is 5.45. The molecule has 1 aliphatic heterocycles. The van der Waals surface area contributed by atoms with Crippen LogP contribution in [0.4, 0.5) is 5.13 Å². The molecule has 3 rings (SSSR count). The number of aromatic nitrogens is 2. The van der Waals surface area contributed by atoms with E-state index < -0.39 is 9.84 Å². The summed E-state index contributed by atoms with van der Waals surface area (Å²) < 4.78 is 23.3. The lowest BCUT2D eigenvalue weighted by Gasteiger charge is -2.11. The molecule has 1 unspecified atom stereocenters. The Morgan fingerprint density at radius 3 is 2.72 bits per heavy atom. The van der Waals surface area contributed by atoms with E-state index in [-0.39, 0.29) is 28.6 Å². The quantitative estimate of drug-likeness (QED) is 0.833. The lowest BCUT2D eigenvalue weighted by molar-refractivity contribution is 0.102. The number of carbonyl (C=O) groups is 1. The van der Waals surface area contributed by atoms with Crippen molar-refractivity contribution in [2.45, 2.75) is 36.3 Å². The Balaban J connectivity index is 1.74. The van der Waals surface area contributed by atoms with Crippen molar-refractivity contribution in [3.05, 3.63) is 34.8 Å². The van der Waals surface area contributed by atoms with Crippen molar-refractivity contribution >= 4 is 44.0 Å². The molecule has 0 saturated carbocycles. The van der Waals surface area contributed by atoms with E-state index in [1.807, 2.05) is 26.0 Å². The topological polar surface area (TPSA) is 89.0 Å². The smallest absolute Gasteiger partial charge is 0.258 e. The van der Waals surface area contributed by atoms with Crippen LogP contribution in [0.15, 0.2) is 29.2 Å². The Morgan fingerprint density at radius 1 is 1.32 bits per heavy atom. The Bertz CT molecular complexity index is 878. The summed E-state index contributed by atoms with van der Waals surface area (Å²) in [5, 5.41) is 12.2. The highest BCUT2D eigenvalue weighted by Gasteiger charge is 2.29. The summed E-state index contributed by atoms with van der Waals surface area (Å²) >= 11 is 2.82. The fourth-order valence-corrected chi connectivity index (χ4v) is 6.84. The molecule has 1 aromatic carbocycles. The van der Waals surface area contributed by atoms with Gasteiger partial charge in [-0.25, -0.2) is 8.42 Å². The first-order valence-electron chi connectivity index (χ1n) is 7.95. The van der Waals surface area contributed by atoms with Gasteiger partial charge in [-0.05, 0) is 18.6 Å². The first kappa shape index (κ1) is 18.3. The molecule has 1 saturated heterocycles. The highest BCUT2D eigenvalue weighted by atomic mass is 32.2. The van der Waals surface area contributed by atoms with E-state index in [1.54, 1.807) is 12.1 Å². The number of sulfone groups is 1. The van der Waals surface area contributed by atoms with Gasteiger partial charge in [-0.3, -0.25) is 10.1 Å².